The first-order valence-electron chi connectivity index (χ1n) is 7.50. The molecule has 1 aromatic carbocycles. The number of ether oxygens (including phenoxy) is 1. The van der Waals surface area contributed by atoms with E-state index in [0.717, 1.165) is 5.56 Å². The fourth-order valence-corrected chi connectivity index (χ4v) is 2.24. The van der Waals surface area contributed by atoms with Gasteiger partial charge in [-0.3, -0.25) is 4.79 Å². The molecule has 1 saturated carbocycles. The number of amides is 3. The van der Waals surface area contributed by atoms with E-state index in [0.29, 0.717) is 18.2 Å². The zero-order valence-electron chi connectivity index (χ0n) is 13.0. The van der Waals surface area contributed by atoms with Gasteiger partial charge >= 0.3 is 6.03 Å². The maximum absolute atomic E-state index is 11.8. The summed E-state index contributed by atoms with van der Waals surface area (Å²) in [4.78, 5) is 23.3. The first-order chi connectivity index (χ1) is 10.6. The van der Waals surface area contributed by atoms with Crippen LogP contribution in [0.15, 0.2) is 24.3 Å². The van der Waals surface area contributed by atoms with Crippen LogP contribution >= 0.6 is 0 Å². The summed E-state index contributed by atoms with van der Waals surface area (Å²) in [6.45, 7) is 2.46. The predicted molar refractivity (Wildman–Crippen MR) is 84.5 cm³/mol. The van der Waals surface area contributed by atoms with Gasteiger partial charge in [-0.05, 0) is 43.4 Å². The fraction of sp³-hybridized carbons (Fsp3) is 0.500. The molecule has 0 aliphatic heterocycles. The minimum atomic E-state index is -0.205. The average molecular weight is 305 g/mol. The van der Waals surface area contributed by atoms with Gasteiger partial charge in [0.05, 0.1) is 0 Å². The standard InChI is InChI=1S/C16H23N3O3/c1-11(13-6-7-13)18-16(21)17-9-12-4-3-5-14(8-12)19-15(20)10-22-2/h3-5,8,11,13H,6-7,9-10H2,1-2H3,(H,19,20)(H2,17,18,21). The molecular formula is C16H23N3O3. The lowest BCUT2D eigenvalue weighted by Gasteiger charge is -2.14. The number of hydrogen-bond acceptors (Lipinski definition) is 3. The van der Waals surface area contributed by atoms with E-state index >= 15 is 0 Å². The summed E-state index contributed by atoms with van der Waals surface area (Å²) in [5.41, 5.74) is 1.61. The third-order valence-electron chi connectivity index (χ3n) is 3.63. The topological polar surface area (TPSA) is 79.5 Å². The van der Waals surface area contributed by atoms with Crippen LogP contribution in [0, 0.1) is 5.92 Å². The van der Waals surface area contributed by atoms with Crippen LogP contribution < -0.4 is 16.0 Å². The van der Waals surface area contributed by atoms with Crippen molar-refractivity contribution in [1.29, 1.82) is 0 Å². The number of hydrogen-bond donors (Lipinski definition) is 3. The summed E-state index contributed by atoms with van der Waals surface area (Å²) in [6.07, 6.45) is 2.40. The summed E-state index contributed by atoms with van der Waals surface area (Å²) in [7, 11) is 1.47. The zero-order valence-corrected chi connectivity index (χ0v) is 13.0. The summed E-state index contributed by atoms with van der Waals surface area (Å²) in [5, 5.41) is 8.50. The SMILES string of the molecule is COCC(=O)Nc1cccc(CNC(=O)NC(C)C2CC2)c1. The van der Waals surface area contributed by atoms with E-state index < -0.39 is 0 Å². The lowest BCUT2D eigenvalue weighted by Crippen LogP contribution is -2.41. The molecule has 3 N–H and O–H groups in total. The van der Waals surface area contributed by atoms with Gasteiger partial charge < -0.3 is 20.7 Å². The summed E-state index contributed by atoms with van der Waals surface area (Å²) < 4.78 is 4.77. The van der Waals surface area contributed by atoms with Gasteiger partial charge in [-0.15, -0.1) is 0 Å². The van der Waals surface area contributed by atoms with Gasteiger partial charge in [0.1, 0.15) is 6.61 Å². The van der Waals surface area contributed by atoms with E-state index in [9.17, 15) is 9.59 Å². The van der Waals surface area contributed by atoms with Crippen molar-refractivity contribution in [3.63, 3.8) is 0 Å². The Morgan fingerprint density at radius 1 is 1.36 bits per heavy atom. The number of carbonyl (C=O) groups excluding carboxylic acids is 2. The van der Waals surface area contributed by atoms with Gasteiger partial charge in [0.25, 0.3) is 0 Å². The van der Waals surface area contributed by atoms with Crippen LogP contribution in [-0.2, 0) is 16.1 Å². The molecule has 0 bridgehead atoms. The van der Waals surface area contributed by atoms with Crippen molar-refractivity contribution in [2.75, 3.05) is 19.0 Å². The highest BCUT2D eigenvalue weighted by atomic mass is 16.5. The summed E-state index contributed by atoms with van der Waals surface area (Å²) >= 11 is 0. The highest BCUT2D eigenvalue weighted by Crippen LogP contribution is 2.32. The second-order valence-electron chi connectivity index (χ2n) is 5.63. The van der Waals surface area contributed by atoms with Crippen molar-refractivity contribution in [3.05, 3.63) is 29.8 Å². The van der Waals surface area contributed by atoms with Gasteiger partial charge in [-0.2, -0.15) is 0 Å². The van der Waals surface area contributed by atoms with Crippen molar-refractivity contribution in [2.24, 2.45) is 5.92 Å². The van der Waals surface area contributed by atoms with Crippen LogP contribution in [0.4, 0.5) is 10.5 Å². The normalized spacial score (nSPS) is 15.0. The molecule has 22 heavy (non-hydrogen) atoms. The largest absolute Gasteiger partial charge is 0.375 e. The molecule has 0 radical (unpaired) electrons. The first-order valence-corrected chi connectivity index (χ1v) is 7.50. The predicted octanol–water partition coefficient (Wildman–Crippen LogP) is 1.87. The van der Waals surface area contributed by atoms with E-state index in [2.05, 4.69) is 16.0 Å². The van der Waals surface area contributed by atoms with Gasteiger partial charge in [0.15, 0.2) is 0 Å². The Morgan fingerprint density at radius 2 is 2.14 bits per heavy atom. The number of benzene rings is 1. The van der Waals surface area contributed by atoms with E-state index in [1.165, 1.54) is 20.0 Å². The minimum Gasteiger partial charge on any atom is -0.375 e. The Kier molecular flexibility index (Phi) is 5.77. The third-order valence-corrected chi connectivity index (χ3v) is 3.63. The maximum Gasteiger partial charge on any atom is 0.315 e. The van der Waals surface area contributed by atoms with Crippen LogP contribution in [0.1, 0.15) is 25.3 Å². The summed E-state index contributed by atoms with van der Waals surface area (Å²) in [6, 6.07) is 7.43. The molecule has 6 nitrogen and oxygen atoms in total. The monoisotopic (exact) mass is 305 g/mol. The molecular weight excluding hydrogens is 282 g/mol. The number of methoxy groups -OCH3 is 1. The van der Waals surface area contributed by atoms with Crippen LogP contribution in [0.25, 0.3) is 0 Å². The number of carbonyl (C=O) groups is 2. The number of anilines is 1. The van der Waals surface area contributed by atoms with E-state index in [1.54, 1.807) is 6.07 Å². The van der Waals surface area contributed by atoms with Crippen molar-refractivity contribution in [3.8, 4) is 0 Å². The molecule has 1 aliphatic carbocycles. The molecule has 2 rings (SSSR count). The van der Waals surface area contributed by atoms with Gasteiger partial charge in [0, 0.05) is 25.4 Å². The molecule has 120 valence electrons. The fourth-order valence-electron chi connectivity index (χ4n) is 2.24. The molecule has 0 heterocycles. The van der Waals surface area contributed by atoms with Gasteiger partial charge in [0.2, 0.25) is 5.91 Å². The maximum atomic E-state index is 11.8. The van der Waals surface area contributed by atoms with E-state index in [1.807, 2.05) is 25.1 Å². The summed E-state index contributed by atoms with van der Waals surface area (Å²) in [5.74, 6) is 0.425. The van der Waals surface area contributed by atoms with Crippen molar-refractivity contribution < 1.29 is 14.3 Å². The molecule has 1 aliphatic rings. The van der Waals surface area contributed by atoms with Crippen molar-refractivity contribution >= 4 is 17.6 Å². The number of rotatable bonds is 7. The van der Waals surface area contributed by atoms with Crippen LogP contribution in [0.3, 0.4) is 0 Å². The molecule has 1 fully saturated rings. The van der Waals surface area contributed by atoms with Gasteiger partial charge in [-0.1, -0.05) is 12.1 Å². The molecule has 0 saturated heterocycles. The molecule has 3 amide bonds. The molecule has 1 unspecified atom stereocenters. The lowest BCUT2D eigenvalue weighted by atomic mass is 10.2. The molecule has 0 aromatic heterocycles. The van der Waals surface area contributed by atoms with E-state index in [-0.39, 0.29) is 24.6 Å². The smallest absolute Gasteiger partial charge is 0.315 e. The third kappa shape index (κ3) is 5.37. The molecule has 1 aromatic rings. The number of urea groups is 1. The highest BCUT2D eigenvalue weighted by Gasteiger charge is 2.28. The average Bonchev–Trinajstić information content (AvgIpc) is 3.30. The molecule has 1 atom stereocenters. The Bertz CT molecular complexity index is 529. The quantitative estimate of drug-likeness (QED) is 0.719. The lowest BCUT2D eigenvalue weighted by molar-refractivity contribution is -0.119. The Morgan fingerprint density at radius 3 is 2.82 bits per heavy atom. The molecule has 6 heteroatoms. The van der Waals surface area contributed by atoms with Gasteiger partial charge in [-0.25, -0.2) is 4.79 Å². The van der Waals surface area contributed by atoms with Crippen molar-refractivity contribution in [2.45, 2.75) is 32.4 Å². The minimum absolute atomic E-state index is 0.0178. The van der Waals surface area contributed by atoms with Crippen LogP contribution in [0.5, 0.6) is 0 Å². The van der Waals surface area contributed by atoms with Crippen LogP contribution in [0.2, 0.25) is 0 Å². The number of nitrogens with one attached hydrogen (secondary N) is 3. The Balaban J connectivity index is 1.79. The first kappa shape index (κ1) is 16.3. The second kappa shape index (κ2) is 7.79. The highest BCUT2D eigenvalue weighted by molar-refractivity contribution is 5.91. The van der Waals surface area contributed by atoms with Crippen molar-refractivity contribution in [1.82, 2.24) is 10.6 Å². The second-order valence-corrected chi connectivity index (χ2v) is 5.63. The molecule has 0 spiro atoms. The van der Waals surface area contributed by atoms with Crippen LogP contribution in [-0.4, -0.2) is 31.7 Å². The van der Waals surface area contributed by atoms with E-state index in [4.69, 9.17) is 4.74 Å². The Hall–Kier alpha value is -2.08. The Labute approximate surface area is 130 Å². The zero-order chi connectivity index (χ0) is 15.9.